The topological polar surface area (TPSA) is 44.0 Å². The monoisotopic (exact) mass is 339 g/mol. The van der Waals surface area contributed by atoms with Crippen molar-refractivity contribution in [1.82, 2.24) is 0 Å². The number of benzene rings is 1. The average Bonchev–Trinajstić information content (AvgIpc) is 3.01. The molecule has 1 aromatic carbocycles. The van der Waals surface area contributed by atoms with Crippen LogP contribution in [-0.2, 0) is 0 Å². The summed E-state index contributed by atoms with van der Waals surface area (Å²) >= 11 is 9.60. The molecule has 1 aromatic rings. The van der Waals surface area contributed by atoms with Crippen LogP contribution in [0.1, 0.15) is 37.4 Å². The molecule has 2 nitrogen and oxygen atoms in total. The Balaban J connectivity index is 2.01. The molecular formula is C15H15BrClNO. The Kier molecular flexibility index (Phi) is 3.37. The second kappa shape index (κ2) is 4.77. The van der Waals surface area contributed by atoms with Crippen molar-refractivity contribution in [3.8, 4) is 6.07 Å². The van der Waals surface area contributed by atoms with Gasteiger partial charge in [0.2, 0.25) is 0 Å². The van der Waals surface area contributed by atoms with Crippen LogP contribution in [-0.4, -0.2) is 5.11 Å². The summed E-state index contributed by atoms with van der Waals surface area (Å²) in [7, 11) is 0. The number of fused-ring (bicyclic) bond motifs is 2. The van der Waals surface area contributed by atoms with E-state index < -0.39 is 11.5 Å². The molecule has 0 aromatic heterocycles. The Morgan fingerprint density at radius 2 is 2.26 bits per heavy atom. The van der Waals surface area contributed by atoms with E-state index in [0.717, 1.165) is 23.7 Å². The molecule has 1 N–H and O–H groups in total. The molecule has 19 heavy (non-hydrogen) atoms. The first-order valence-electron chi connectivity index (χ1n) is 6.61. The van der Waals surface area contributed by atoms with Gasteiger partial charge in [-0.2, -0.15) is 5.26 Å². The lowest BCUT2D eigenvalue weighted by atomic mass is 9.68. The zero-order valence-electron chi connectivity index (χ0n) is 10.4. The van der Waals surface area contributed by atoms with Crippen molar-refractivity contribution in [2.45, 2.75) is 31.8 Å². The Labute approximate surface area is 126 Å². The highest BCUT2D eigenvalue weighted by molar-refractivity contribution is 9.10. The molecule has 0 amide bonds. The van der Waals surface area contributed by atoms with Crippen LogP contribution < -0.4 is 0 Å². The number of rotatable bonds is 2. The second-order valence-electron chi connectivity index (χ2n) is 5.80. The SMILES string of the molecule is N#CC1(C(O)c2cc(Br)ccc2Cl)CC2CCC1C2. The molecule has 4 atom stereocenters. The van der Waals surface area contributed by atoms with Crippen molar-refractivity contribution in [2.75, 3.05) is 0 Å². The lowest BCUT2D eigenvalue weighted by Crippen LogP contribution is -2.33. The molecule has 0 spiro atoms. The van der Waals surface area contributed by atoms with E-state index >= 15 is 0 Å². The van der Waals surface area contributed by atoms with Gasteiger partial charge in [0.05, 0.1) is 17.6 Å². The van der Waals surface area contributed by atoms with E-state index in [9.17, 15) is 10.4 Å². The first-order chi connectivity index (χ1) is 9.06. The van der Waals surface area contributed by atoms with Gasteiger partial charge >= 0.3 is 0 Å². The molecule has 2 fully saturated rings. The van der Waals surface area contributed by atoms with Gasteiger partial charge in [-0.3, -0.25) is 0 Å². The maximum Gasteiger partial charge on any atom is 0.0993 e. The smallest absolute Gasteiger partial charge is 0.0993 e. The van der Waals surface area contributed by atoms with E-state index in [4.69, 9.17) is 11.6 Å². The standard InChI is InChI=1S/C15H15BrClNO/c16-11-3-4-13(17)12(6-11)14(19)15(8-18)7-9-1-2-10(15)5-9/h3-4,6,9-10,14,19H,1-2,5,7H2. The molecule has 4 unspecified atom stereocenters. The van der Waals surface area contributed by atoms with E-state index in [-0.39, 0.29) is 0 Å². The first-order valence-corrected chi connectivity index (χ1v) is 7.78. The first kappa shape index (κ1) is 13.4. The summed E-state index contributed by atoms with van der Waals surface area (Å²) in [6, 6.07) is 7.87. The molecule has 2 saturated carbocycles. The lowest BCUT2D eigenvalue weighted by molar-refractivity contribution is 0.0234. The van der Waals surface area contributed by atoms with Crippen LogP contribution in [0.3, 0.4) is 0 Å². The molecule has 2 aliphatic rings. The van der Waals surface area contributed by atoms with Crippen LogP contribution in [0, 0.1) is 28.6 Å². The Bertz CT molecular complexity index is 556. The third kappa shape index (κ3) is 2.01. The summed E-state index contributed by atoms with van der Waals surface area (Å²) in [5.74, 6) is 0.915. The Morgan fingerprint density at radius 3 is 2.84 bits per heavy atom. The number of aliphatic hydroxyl groups excluding tert-OH is 1. The number of halogens is 2. The third-order valence-corrected chi connectivity index (χ3v) is 5.68. The van der Waals surface area contributed by atoms with E-state index in [2.05, 4.69) is 22.0 Å². The van der Waals surface area contributed by atoms with Gasteiger partial charge in [0.1, 0.15) is 0 Å². The normalized spacial score (nSPS) is 34.2. The van der Waals surface area contributed by atoms with Gasteiger partial charge in [-0.25, -0.2) is 0 Å². The van der Waals surface area contributed by atoms with Gasteiger partial charge in [-0.05, 0) is 49.3 Å². The molecule has 0 radical (unpaired) electrons. The second-order valence-corrected chi connectivity index (χ2v) is 7.12. The van der Waals surface area contributed by atoms with E-state index in [0.29, 0.717) is 22.4 Å². The van der Waals surface area contributed by atoms with Gasteiger partial charge in [0, 0.05) is 15.1 Å². The highest BCUT2D eigenvalue weighted by atomic mass is 79.9. The fraction of sp³-hybridized carbons (Fsp3) is 0.533. The van der Waals surface area contributed by atoms with Crippen molar-refractivity contribution in [3.63, 3.8) is 0 Å². The largest absolute Gasteiger partial charge is 0.387 e. The zero-order valence-corrected chi connectivity index (χ0v) is 12.8. The minimum Gasteiger partial charge on any atom is -0.387 e. The number of nitriles is 1. The van der Waals surface area contributed by atoms with Crippen LogP contribution in [0.15, 0.2) is 22.7 Å². The number of nitrogens with zero attached hydrogens (tertiary/aromatic N) is 1. The highest BCUT2D eigenvalue weighted by Crippen LogP contribution is 2.61. The van der Waals surface area contributed by atoms with Gasteiger partial charge < -0.3 is 5.11 Å². The predicted molar refractivity (Wildman–Crippen MR) is 77.6 cm³/mol. The van der Waals surface area contributed by atoms with E-state index in [1.807, 2.05) is 12.1 Å². The van der Waals surface area contributed by atoms with Gasteiger partial charge in [0.25, 0.3) is 0 Å². The summed E-state index contributed by atoms with van der Waals surface area (Å²) in [6.07, 6.45) is 3.35. The minimum absolute atomic E-state index is 0.313. The molecule has 2 aliphatic carbocycles. The Morgan fingerprint density at radius 1 is 1.47 bits per heavy atom. The maximum atomic E-state index is 10.8. The highest BCUT2D eigenvalue weighted by Gasteiger charge is 2.56. The molecule has 4 heteroatoms. The summed E-state index contributed by atoms with van der Waals surface area (Å²) in [6.45, 7) is 0. The lowest BCUT2D eigenvalue weighted by Gasteiger charge is -2.36. The van der Waals surface area contributed by atoms with E-state index in [1.165, 1.54) is 6.42 Å². The average molecular weight is 341 g/mol. The van der Waals surface area contributed by atoms with E-state index in [1.54, 1.807) is 6.07 Å². The molecule has 2 bridgehead atoms. The zero-order chi connectivity index (χ0) is 13.6. The van der Waals surface area contributed by atoms with Crippen molar-refractivity contribution in [2.24, 2.45) is 17.3 Å². The summed E-state index contributed by atoms with van der Waals surface area (Å²) in [5, 5.41) is 21.0. The van der Waals surface area contributed by atoms with Gasteiger partial charge in [-0.15, -0.1) is 0 Å². The molecular weight excluding hydrogens is 326 g/mol. The number of aliphatic hydroxyl groups is 1. The van der Waals surface area contributed by atoms with Gasteiger partial charge in [-0.1, -0.05) is 34.0 Å². The van der Waals surface area contributed by atoms with Crippen molar-refractivity contribution < 1.29 is 5.11 Å². The molecule has 100 valence electrons. The van der Waals surface area contributed by atoms with Gasteiger partial charge in [0.15, 0.2) is 0 Å². The third-order valence-electron chi connectivity index (χ3n) is 4.84. The van der Waals surface area contributed by atoms with Crippen molar-refractivity contribution in [1.29, 1.82) is 5.26 Å². The maximum absolute atomic E-state index is 10.8. The fourth-order valence-electron chi connectivity index (χ4n) is 3.91. The predicted octanol–water partition coefficient (Wildman–Crippen LogP) is 4.47. The fourth-order valence-corrected chi connectivity index (χ4v) is 4.51. The van der Waals surface area contributed by atoms with Crippen LogP contribution in [0.2, 0.25) is 5.02 Å². The number of hydrogen-bond donors (Lipinski definition) is 1. The molecule has 3 rings (SSSR count). The Hall–Kier alpha value is -0.560. The molecule has 0 aliphatic heterocycles. The summed E-state index contributed by atoms with van der Waals surface area (Å²) in [5.41, 5.74) is 0.0259. The van der Waals surface area contributed by atoms with Crippen molar-refractivity contribution >= 4 is 27.5 Å². The number of hydrogen-bond acceptors (Lipinski definition) is 2. The molecule has 0 saturated heterocycles. The summed E-state index contributed by atoms with van der Waals surface area (Å²) < 4.78 is 0.877. The van der Waals surface area contributed by atoms with Crippen molar-refractivity contribution in [3.05, 3.63) is 33.3 Å². The summed E-state index contributed by atoms with van der Waals surface area (Å²) in [4.78, 5) is 0. The van der Waals surface area contributed by atoms with Crippen LogP contribution in [0.5, 0.6) is 0 Å². The van der Waals surface area contributed by atoms with Crippen LogP contribution >= 0.6 is 27.5 Å². The molecule has 0 heterocycles. The quantitative estimate of drug-likeness (QED) is 0.863. The van der Waals surface area contributed by atoms with Crippen LogP contribution in [0.4, 0.5) is 0 Å². The van der Waals surface area contributed by atoms with Crippen LogP contribution in [0.25, 0.3) is 0 Å². The minimum atomic E-state index is -0.794.